The van der Waals surface area contributed by atoms with Crippen LogP contribution in [-0.2, 0) is 0 Å². The van der Waals surface area contributed by atoms with Gasteiger partial charge in [0.1, 0.15) is 0 Å². The van der Waals surface area contributed by atoms with Crippen LogP contribution in [0.25, 0.3) is 0 Å². The van der Waals surface area contributed by atoms with Crippen molar-refractivity contribution in [2.45, 2.75) is 91.3 Å². The summed E-state index contributed by atoms with van der Waals surface area (Å²) < 4.78 is 8.33. The molecular formula is C17H42N4P2. The van der Waals surface area contributed by atoms with Crippen LogP contribution in [0.3, 0.4) is 0 Å². The third-order valence-electron chi connectivity index (χ3n) is 4.94. The Morgan fingerprint density at radius 1 is 1.04 bits per heavy atom. The third-order valence-corrected chi connectivity index (χ3v) is 15.6. The van der Waals surface area contributed by atoms with Gasteiger partial charge >= 0.3 is 146 Å². The molecule has 4 nitrogen and oxygen atoms in total. The molecule has 0 spiro atoms. The minimum atomic E-state index is -2.24. The molecule has 23 heavy (non-hydrogen) atoms. The Balaban J connectivity index is 3.56. The van der Waals surface area contributed by atoms with Crippen LogP contribution in [-0.4, -0.2) is 47.3 Å². The van der Waals surface area contributed by atoms with Crippen molar-refractivity contribution in [1.82, 2.24) is 14.8 Å². The van der Waals surface area contributed by atoms with Crippen molar-refractivity contribution < 1.29 is 0 Å². The van der Waals surface area contributed by atoms with Gasteiger partial charge in [0.2, 0.25) is 0 Å². The molecule has 1 aliphatic heterocycles. The molecule has 0 amide bonds. The zero-order valence-corrected chi connectivity index (χ0v) is 19.1. The van der Waals surface area contributed by atoms with E-state index in [1.165, 1.54) is 6.42 Å². The first-order valence-corrected chi connectivity index (χ1v) is 13.1. The van der Waals surface area contributed by atoms with E-state index < -0.39 is 14.9 Å². The molecule has 0 atom stereocenters. The zero-order chi connectivity index (χ0) is 18.1. The number of nitrogens with one attached hydrogen (secondary N) is 2. The molecule has 1 rings (SSSR count). The predicted molar refractivity (Wildman–Crippen MR) is 111 cm³/mol. The average molecular weight is 364 g/mol. The van der Waals surface area contributed by atoms with Crippen molar-refractivity contribution in [2.24, 2.45) is 4.52 Å². The molecule has 0 aliphatic carbocycles. The second kappa shape index (κ2) is 7.83. The minimum absolute atomic E-state index is 0.0644. The van der Waals surface area contributed by atoms with Gasteiger partial charge in [0, 0.05) is 0 Å². The Kier molecular flexibility index (Phi) is 7.35. The van der Waals surface area contributed by atoms with E-state index in [0.29, 0.717) is 17.0 Å². The SMILES string of the molecule is CC(C)P(=N[PH]1(NC(C)(C)C)NCCCN1C)(C(C)C)C(C)C. The van der Waals surface area contributed by atoms with E-state index in [4.69, 9.17) is 4.52 Å². The van der Waals surface area contributed by atoms with Crippen molar-refractivity contribution >= 4 is 14.9 Å². The van der Waals surface area contributed by atoms with Crippen LogP contribution in [0.4, 0.5) is 0 Å². The number of hydrogen-bond donors (Lipinski definition) is 2. The maximum atomic E-state index is 5.82. The second-order valence-corrected chi connectivity index (χ2v) is 17.1. The number of nitrogens with zero attached hydrogens (tertiary/aromatic N) is 2. The zero-order valence-electron chi connectivity index (χ0n) is 17.2. The third kappa shape index (κ3) is 4.79. The van der Waals surface area contributed by atoms with E-state index in [0.717, 1.165) is 13.1 Å². The fraction of sp³-hybridized carbons (Fsp3) is 1.00. The first-order chi connectivity index (χ1) is 10.4. The molecule has 1 saturated heterocycles. The summed E-state index contributed by atoms with van der Waals surface area (Å²) in [6, 6.07) is 0. The van der Waals surface area contributed by atoms with Crippen LogP contribution in [0.15, 0.2) is 4.52 Å². The second-order valence-electron chi connectivity index (χ2n) is 8.92. The summed E-state index contributed by atoms with van der Waals surface area (Å²) in [6.45, 7) is 23.3. The quantitative estimate of drug-likeness (QED) is 0.664. The first kappa shape index (κ1) is 21.6. The van der Waals surface area contributed by atoms with Gasteiger partial charge in [-0.3, -0.25) is 0 Å². The van der Waals surface area contributed by atoms with Gasteiger partial charge in [-0.15, -0.1) is 0 Å². The maximum absolute atomic E-state index is 5.82. The molecule has 0 aromatic carbocycles. The molecule has 0 saturated carbocycles. The van der Waals surface area contributed by atoms with Crippen LogP contribution in [0.1, 0.15) is 68.7 Å². The molecule has 1 fully saturated rings. The van der Waals surface area contributed by atoms with Gasteiger partial charge in [0.25, 0.3) is 0 Å². The normalized spacial score (nSPS) is 22.0. The Morgan fingerprint density at radius 3 is 1.87 bits per heavy atom. The monoisotopic (exact) mass is 364 g/mol. The van der Waals surface area contributed by atoms with Crippen LogP contribution < -0.4 is 10.2 Å². The number of rotatable bonds is 5. The summed E-state index contributed by atoms with van der Waals surface area (Å²) >= 11 is 0. The molecule has 1 aliphatic rings. The van der Waals surface area contributed by atoms with Crippen molar-refractivity contribution in [1.29, 1.82) is 0 Å². The molecule has 1 heterocycles. The van der Waals surface area contributed by atoms with Crippen LogP contribution >= 0.6 is 14.9 Å². The topological polar surface area (TPSA) is 39.7 Å². The standard InChI is InChI=1S/C17H42N4P2/c1-14(2)22(15(3)4,16(5)6)20-23(19-17(7,8)9)18-12-11-13-21(23)10/h14-16,18-19,23H,11-13H2,1-10H3. The van der Waals surface area contributed by atoms with Crippen LogP contribution in [0, 0.1) is 0 Å². The van der Waals surface area contributed by atoms with Crippen molar-refractivity contribution in [3.05, 3.63) is 0 Å². The fourth-order valence-electron chi connectivity index (χ4n) is 4.06. The summed E-state index contributed by atoms with van der Waals surface area (Å²) in [6.07, 6.45) is 1.21. The average Bonchev–Trinajstić information content (AvgIpc) is 2.36. The summed E-state index contributed by atoms with van der Waals surface area (Å²) in [5.41, 5.74) is 1.96. The molecule has 0 unspecified atom stereocenters. The molecular weight excluding hydrogens is 322 g/mol. The fourth-order valence-corrected chi connectivity index (χ4v) is 16.1. The van der Waals surface area contributed by atoms with Gasteiger partial charge in [0.15, 0.2) is 0 Å². The Hall–Kier alpha value is 0.540. The van der Waals surface area contributed by atoms with Gasteiger partial charge in [-0.2, -0.15) is 0 Å². The van der Waals surface area contributed by atoms with Crippen LogP contribution in [0.2, 0.25) is 0 Å². The van der Waals surface area contributed by atoms with Crippen molar-refractivity contribution in [3.63, 3.8) is 0 Å². The van der Waals surface area contributed by atoms with Gasteiger partial charge < -0.3 is 0 Å². The van der Waals surface area contributed by atoms with E-state index >= 15 is 0 Å². The Morgan fingerprint density at radius 2 is 1.52 bits per heavy atom. The Labute approximate surface area is 146 Å². The van der Waals surface area contributed by atoms with Crippen molar-refractivity contribution in [3.8, 4) is 0 Å². The Bertz CT molecular complexity index is 412. The summed E-state index contributed by atoms with van der Waals surface area (Å²) in [4.78, 5) is 0. The number of hydrogen-bond acceptors (Lipinski definition) is 4. The summed E-state index contributed by atoms with van der Waals surface area (Å²) in [5, 5.41) is 7.83. The van der Waals surface area contributed by atoms with Gasteiger partial charge in [-0.05, 0) is 0 Å². The van der Waals surface area contributed by atoms with Crippen LogP contribution in [0.5, 0.6) is 0 Å². The van der Waals surface area contributed by atoms with Gasteiger partial charge in [-0.1, -0.05) is 0 Å². The summed E-state index contributed by atoms with van der Waals surface area (Å²) in [7, 11) is -1.43. The van der Waals surface area contributed by atoms with Gasteiger partial charge in [0.05, 0.1) is 0 Å². The molecule has 0 bridgehead atoms. The predicted octanol–water partition coefficient (Wildman–Crippen LogP) is 5.14. The van der Waals surface area contributed by atoms with E-state index in [1.54, 1.807) is 0 Å². The molecule has 0 radical (unpaired) electrons. The van der Waals surface area contributed by atoms with Crippen molar-refractivity contribution in [2.75, 3.05) is 20.1 Å². The molecule has 0 aromatic heterocycles. The first-order valence-electron chi connectivity index (χ1n) is 9.25. The van der Waals surface area contributed by atoms with E-state index in [2.05, 4.69) is 84.2 Å². The van der Waals surface area contributed by atoms with E-state index in [-0.39, 0.29) is 5.54 Å². The molecule has 0 aromatic rings. The molecule has 140 valence electrons. The summed E-state index contributed by atoms with van der Waals surface area (Å²) in [5.74, 6) is 0. The van der Waals surface area contributed by atoms with E-state index in [9.17, 15) is 0 Å². The van der Waals surface area contributed by atoms with Gasteiger partial charge in [-0.25, -0.2) is 0 Å². The molecule has 6 heteroatoms. The molecule has 2 N–H and O–H groups in total. The van der Waals surface area contributed by atoms with E-state index in [1.807, 2.05) is 0 Å².